The molecule has 3 aromatic carbocycles. The number of aromatic nitrogens is 2. The van der Waals surface area contributed by atoms with Crippen molar-refractivity contribution in [3.8, 4) is 21.8 Å². The van der Waals surface area contributed by atoms with Crippen LogP contribution in [-0.2, 0) is 0 Å². The molecule has 0 fully saturated rings. The first kappa shape index (κ1) is 17.1. The summed E-state index contributed by atoms with van der Waals surface area (Å²) >= 11 is 3.40. The standard InChI is InChI=1S/C23H17N3S2/c1-15-21(26-22(27-15)17-7-3-2-4-8-17)16-11-13-18(14-12-16)24-23-25-19-9-5-6-10-20(19)28-23/h2-14H,1H3,(H,24,25). The smallest absolute Gasteiger partial charge is 0.188 e. The number of anilines is 2. The summed E-state index contributed by atoms with van der Waals surface area (Å²) in [4.78, 5) is 10.7. The second kappa shape index (κ2) is 7.19. The third-order valence-electron chi connectivity index (χ3n) is 4.52. The Balaban J connectivity index is 1.40. The number of nitrogens with zero attached hydrogens (tertiary/aromatic N) is 2. The van der Waals surface area contributed by atoms with Crippen LogP contribution in [0.1, 0.15) is 4.88 Å². The lowest BCUT2D eigenvalue weighted by Gasteiger charge is -2.04. The Hall–Kier alpha value is -3.02. The molecule has 0 aliphatic carbocycles. The molecular weight excluding hydrogens is 382 g/mol. The maximum Gasteiger partial charge on any atom is 0.188 e. The first-order valence-electron chi connectivity index (χ1n) is 9.02. The molecule has 0 saturated carbocycles. The fraction of sp³-hybridized carbons (Fsp3) is 0.0435. The third-order valence-corrected chi connectivity index (χ3v) is 6.49. The van der Waals surface area contributed by atoms with Crippen molar-refractivity contribution in [2.45, 2.75) is 6.92 Å². The van der Waals surface area contributed by atoms with Gasteiger partial charge in [-0.15, -0.1) is 11.3 Å². The summed E-state index contributed by atoms with van der Waals surface area (Å²) < 4.78 is 1.19. The molecule has 5 rings (SSSR count). The van der Waals surface area contributed by atoms with Crippen LogP contribution in [0.3, 0.4) is 0 Å². The molecule has 2 heterocycles. The molecule has 3 nitrogen and oxygen atoms in total. The number of para-hydroxylation sites is 1. The lowest BCUT2D eigenvalue weighted by molar-refractivity contribution is 1.37. The lowest BCUT2D eigenvalue weighted by atomic mass is 10.1. The van der Waals surface area contributed by atoms with Gasteiger partial charge in [0.2, 0.25) is 0 Å². The van der Waals surface area contributed by atoms with Gasteiger partial charge in [-0.05, 0) is 31.2 Å². The quantitative estimate of drug-likeness (QED) is 0.349. The molecule has 1 N–H and O–H groups in total. The zero-order valence-electron chi connectivity index (χ0n) is 15.2. The van der Waals surface area contributed by atoms with Crippen molar-refractivity contribution in [1.29, 1.82) is 0 Å². The highest BCUT2D eigenvalue weighted by Gasteiger charge is 2.11. The van der Waals surface area contributed by atoms with Crippen LogP contribution in [0.2, 0.25) is 0 Å². The normalized spacial score (nSPS) is 11.0. The minimum atomic E-state index is 0.908. The fourth-order valence-electron chi connectivity index (χ4n) is 3.13. The van der Waals surface area contributed by atoms with Gasteiger partial charge in [0.1, 0.15) is 5.01 Å². The number of nitrogens with one attached hydrogen (secondary N) is 1. The predicted octanol–water partition coefficient (Wildman–Crippen LogP) is 7.14. The molecule has 0 atom stereocenters. The van der Waals surface area contributed by atoms with Gasteiger partial charge in [-0.3, -0.25) is 0 Å². The van der Waals surface area contributed by atoms with Crippen LogP contribution in [0.15, 0.2) is 78.9 Å². The second-order valence-electron chi connectivity index (χ2n) is 6.48. The third kappa shape index (κ3) is 3.30. The first-order valence-corrected chi connectivity index (χ1v) is 10.7. The summed E-state index contributed by atoms with van der Waals surface area (Å²) in [5.74, 6) is 0. The number of hydrogen-bond acceptors (Lipinski definition) is 5. The lowest BCUT2D eigenvalue weighted by Crippen LogP contribution is -1.89. The maximum absolute atomic E-state index is 4.88. The number of thiazole rings is 2. The number of benzene rings is 3. The largest absolute Gasteiger partial charge is 0.332 e. The molecule has 0 unspecified atom stereocenters. The van der Waals surface area contributed by atoms with E-state index in [9.17, 15) is 0 Å². The van der Waals surface area contributed by atoms with Crippen LogP contribution in [0.4, 0.5) is 10.8 Å². The molecule has 28 heavy (non-hydrogen) atoms. The molecule has 0 bridgehead atoms. The molecule has 2 aromatic heterocycles. The first-order chi connectivity index (χ1) is 13.8. The Morgan fingerprint density at radius 1 is 0.714 bits per heavy atom. The minimum absolute atomic E-state index is 0.908. The summed E-state index contributed by atoms with van der Waals surface area (Å²) in [5.41, 5.74) is 5.40. The number of aryl methyl sites for hydroxylation is 1. The van der Waals surface area contributed by atoms with E-state index in [1.807, 2.05) is 36.4 Å². The average Bonchev–Trinajstić information content (AvgIpc) is 3.32. The SMILES string of the molecule is Cc1sc(-c2ccccc2)nc1-c1ccc(Nc2nc3ccccc3s2)cc1. The van der Waals surface area contributed by atoms with E-state index >= 15 is 0 Å². The average molecular weight is 400 g/mol. The van der Waals surface area contributed by atoms with E-state index < -0.39 is 0 Å². The molecule has 0 amide bonds. The van der Waals surface area contributed by atoms with Crippen molar-refractivity contribution in [1.82, 2.24) is 9.97 Å². The van der Waals surface area contributed by atoms with E-state index in [0.717, 1.165) is 38.2 Å². The minimum Gasteiger partial charge on any atom is -0.332 e. The highest BCUT2D eigenvalue weighted by atomic mass is 32.1. The fourth-order valence-corrected chi connectivity index (χ4v) is 4.96. The van der Waals surface area contributed by atoms with E-state index in [1.54, 1.807) is 22.7 Å². The Bertz CT molecular complexity index is 1210. The zero-order valence-corrected chi connectivity index (χ0v) is 16.8. The van der Waals surface area contributed by atoms with Crippen molar-refractivity contribution in [3.63, 3.8) is 0 Å². The van der Waals surface area contributed by atoms with Gasteiger partial charge in [0.15, 0.2) is 5.13 Å². The van der Waals surface area contributed by atoms with E-state index in [0.29, 0.717) is 0 Å². The topological polar surface area (TPSA) is 37.8 Å². The summed E-state index contributed by atoms with van der Waals surface area (Å²) in [7, 11) is 0. The number of rotatable bonds is 4. The summed E-state index contributed by atoms with van der Waals surface area (Å²) in [6.45, 7) is 2.13. The van der Waals surface area contributed by atoms with Crippen molar-refractivity contribution < 1.29 is 0 Å². The highest BCUT2D eigenvalue weighted by Crippen LogP contribution is 2.34. The van der Waals surface area contributed by atoms with Crippen LogP contribution < -0.4 is 5.32 Å². The predicted molar refractivity (Wildman–Crippen MR) is 121 cm³/mol. The maximum atomic E-state index is 4.88. The van der Waals surface area contributed by atoms with E-state index in [2.05, 4.69) is 59.7 Å². The van der Waals surface area contributed by atoms with Gasteiger partial charge in [-0.1, -0.05) is 65.9 Å². The molecule has 0 aliphatic rings. The van der Waals surface area contributed by atoms with Gasteiger partial charge in [-0.25, -0.2) is 9.97 Å². The second-order valence-corrected chi connectivity index (χ2v) is 8.71. The molecule has 5 aromatic rings. The Morgan fingerprint density at radius 3 is 2.25 bits per heavy atom. The zero-order chi connectivity index (χ0) is 18.9. The van der Waals surface area contributed by atoms with Gasteiger partial charge in [0.25, 0.3) is 0 Å². The Labute approximate surface area is 171 Å². The molecule has 0 radical (unpaired) electrons. The number of fused-ring (bicyclic) bond motifs is 1. The van der Waals surface area contributed by atoms with Crippen LogP contribution in [-0.4, -0.2) is 9.97 Å². The molecule has 5 heteroatoms. The van der Waals surface area contributed by atoms with Crippen molar-refractivity contribution in [3.05, 3.63) is 83.7 Å². The summed E-state index contributed by atoms with van der Waals surface area (Å²) in [6, 6.07) is 26.9. The van der Waals surface area contributed by atoms with Gasteiger partial charge < -0.3 is 5.32 Å². The monoisotopic (exact) mass is 399 g/mol. The molecule has 0 saturated heterocycles. The van der Waals surface area contributed by atoms with Crippen LogP contribution in [0, 0.1) is 6.92 Å². The van der Waals surface area contributed by atoms with E-state index in [4.69, 9.17) is 4.98 Å². The van der Waals surface area contributed by atoms with Crippen LogP contribution in [0.5, 0.6) is 0 Å². The highest BCUT2D eigenvalue weighted by molar-refractivity contribution is 7.22. The molecular formula is C23H17N3S2. The van der Waals surface area contributed by atoms with Crippen LogP contribution in [0.25, 0.3) is 32.0 Å². The summed E-state index contributed by atoms with van der Waals surface area (Å²) in [6.07, 6.45) is 0. The van der Waals surface area contributed by atoms with E-state index in [1.165, 1.54) is 9.58 Å². The van der Waals surface area contributed by atoms with Crippen molar-refractivity contribution in [2.24, 2.45) is 0 Å². The van der Waals surface area contributed by atoms with Crippen LogP contribution >= 0.6 is 22.7 Å². The van der Waals surface area contributed by atoms with Gasteiger partial charge >= 0.3 is 0 Å². The Kier molecular flexibility index (Phi) is 4.39. The number of hydrogen-bond donors (Lipinski definition) is 1. The molecule has 136 valence electrons. The van der Waals surface area contributed by atoms with Crippen molar-refractivity contribution in [2.75, 3.05) is 5.32 Å². The molecule has 0 spiro atoms. The summed E-state index contributed by atoms with van der Waals surface area (Å²) in [5, 5.41) is 5.37. The van der Waals surface area contributed by atoms with Crippen molar-refractivity contribution >= 4 is 43.7 Å². The van der Waals surface area contributed by atoms with Gasteiger partial charge in [0, 0.05) is 21.7 Å². The van der Waals surface area contributed by atoms with Gasteiger partial charge in [-0.2, -0.15) is 0 Å². The van der Waals surface area contributed by atoms with Gasteiger partial charge in [0.05, 0.1) is 15.9 Å². The van der Waals surface area contributed by atoms with E-state index in [-0.39, 0.29) is 0 Å². The molecule has 0 aliphatic heterocycles. The Morgan fingerprint density at radius 2 is 1.46 bits per heavy atom.